The SMILES string of the molecule is Cl.O=C(O)C1=Cc2ncccc2C1. The van der Waals surface area contributed by atoms with Gasteiger partial charge in [0.15, 0.2) is 0 Å². The Labute approximate surface area is 81.5 Å². The van der Waals surface area contributed by atoms with Crippen LogP contribution in [0.2, 0.25) is 0 Å². The van der Waals surface area contributed by atoms with Crippen molar-refractivity contribution in [2.75, 3.05) is 0 Å². The lowest BCUT2D eigenvalue weighted by Gasteiger charge is -1.93. The number of carboxylic acids is 1. The zero-order chi connectivity index (χ0) is 8.55. The minimum absolute atomic E-state index is 0. The van der Waals surface area contributed by atoms with E-state index in [0.717, 1.165) is 11.3 Å². The molecule has 0 saturated heterocycles. The molecule has 0 aromatic carbocycles. The van der Waals surface area contributed by atoms with Gasteiger partial charge >= 0.3 is 5.97 Å². The van der Waals surface area contributed by atoms with Gasteiger partial charge in [-0.05, 0) is 17.7 Å². The Morgan fingerprint density at radius 3 is 2.92 bits per heavy atom. The van der Waals surface area contributed by atoms with Crippen LogP contribution in [0.25, 0.3) is 6.08 Å². The average molecular weight is 198 g/mol. The summed E-state index contributed by atoms with van der Waals surface area (Å²) in [7, 11) is 0. The number of halogens is 1. The van der Waals surface area contributed by atoms with Gasteiger partial charge in [0.2, 0.25) is 0 Å². The van der Waals surface area contributed by atoms with Gasteiger partial charge in [-0.3, -0.25) is 4.98 Å². The predicted octanol–water partition coefficient (Wildman–Crippen LogP) is 1.53. The van der Waals surface area contributed by atoms with E-state index >= 15 is 0 Å². The van der Waals surface area contributed by atoms with Crippen LogP contribution >= 0.6 is 12.4 Å². The molecular formula is C9H8ClNO2. The van der Waals surface area contributed by atoms with Crippen molar-refractivity contribution in [1.82, 2.24) is 4.98 Å². The maximum absolute atomic E-state index is 10.6. The summed E-state index contributed by atoms with van der Waals surface area (Å²) in [6.07, 6.45) is 3.79. The number of carbonyl (C=O) groups is 1. The molecule has 0 radical (unpaired) electrons. The number of aromatic nitrogens is 1. The first-order valence-electron chi connectivity index (χ1n) is 3.65. The van der Waals surface area contributed by atoms with Gasteiger partial charge in [0.25, 0.3) is 0 Å². The summed E-state index contributed by atoms with van der Waals surface area (Å²) < 4.78 is 0. The third-order valence-corrected chi connectivity index (χ3v) is 1.89. The molecule has 4 heteroatoms. The summed E-state index contributed by atoms with van der Waals surface area (Å²) in [5.74, 6) is -0.854. The predicted molar refractivity (Wildman–Crippen MR) is 50.8 cm³/mol. The molecule has 1 heterocycles. The van der Waals surface area contributed by atoms with E-state index in [1.807, 2.05) is 12.1 Å². The van der Waals surface area contributed by atoms with Gasteiger partial charge in [-0.1, -0.05) is 6.07 Å². The van der Waals surface area contributed by atoms with E-state index in [9.17, 15) is 4.79 Å². The molecule has 1 aromatic heterocycles. The van der Waals surface area contributed by atoms with Crippen LogP contribution < -0.4 is 0 Å². The van der Waals surface area contributed by atoms with Crippen LogP contribution in [0.3, 0.4) is 0 Å². The summed E-state index contributed by atoms with van der Waals surface area (Å²) in [4.78, 5) is 14.6. The lowest BCUT2D eigenvalue weighted by Crippen LogP contribution is -1.99. The highest BCUT2D eigenvalue weighted by Crippen LogP contribution is 2.22. The molecular weight excluding hydrogens is 190 g/mol. The molecule has 0 bridgehead atoms. The highest BCUT2D eigenvalue weighted by molar-refractivity contribution is 5.94. The minimum Gasteiger partial charge on any atom is -0.478 e. The van der Waals surface area contributed by atoms with Crippen LogP contribution in [0.4, 0.5) is 0 Å². The molecule has 0 saturated carbocycles. The number of hydrogen-bond acceptors (Lipinski definition) is 2. The second-order valence-corrected chi connectivity index (χ2v) is 2.70. The van der Waals surface area contributed by atoms with Crippen molar-refractivity contribution in [2.45, 2.75) is 6.42 Å². The maximum atomic E-state index is 10.6. The zero-order valence-corrected chi connectivity index (χ0v) is 7.54. The quantitative estimate of drug-likeness (QED) is 0.743. The number of hydrogen-bond donors (Lipinski definition) is 1. The van der Waals surface area contributed by atoms with E-state index in [0.29, 0.717) is 12.0 Å². The fraction of sp³-hybridized carbons (Fsp3) is 0.111. The third kappa shape index (κ3) is 1.70. The molecule has 0 atom stereocenters. The summed E-state index contributed by atoms with van der Waals surface area (Å²) in [6, 6.07) is 3.71. The Morgan fingerprint density at radius 2 is 2.31 bits per heavy atom. The topological polar surface area (TPSA) is 50.2 Å². The molecule has 1 aromatic rings. The summed E-state index contributed by atoms with van der Waals surface area (Å²) in [5.41, 5.74) is 2.20. The maximum Gasteiger partial charge on any atom is 0.331 e. The third-order valence-electron chi connectivity index (χ3n) is 1.89. The standard InChI is InChI=1S/C9H7NO2.ClH/c11-9(12)7-4-6-2-1-3-10-8(6)5-7;/h1-3,5H,4H2,(H,11,12);1H. The first kappa shape index (κ1) is 9.74. The molecule has 1 aliphatic carbocycles. The van der Waals surface area contributed by atoms with E-state index in [-0.39, 0.29) is 12.4 Å². The molecule has 1 N–H and O–H groups in total. The van der Waals surface area contributed by atoms with Gasteiger partial charge in [-0.2, -0.15) is 0 Å². The van der Waals surface area contributed by atoms with Crippen LogP contribution in [-0.4, -0.2) is 16.1 Å². The van der Waals surface area contributed by atoms with E-state index < -0.39 is 5.97 Å². The Bertz CT molecular complexity index is 374. The van der Waals surface area contributed by atoms with E-state index in [4.69, 9.17) is 5.11 Å². The summed E-state index contributed by atoms with van der Waals surface area (Å²) >= 11 is 0. The van der Waals surface area contributed by atoms with Gasteiger partial charge in [0.1, 0.15) is 0 Å². The monoisotopic (exact) mass is 197 g/mol. The molecule has 3 nitrogen and oxygen atoms in total. The Balaban J connectivity index is 0.000000845. The molecule has 0 aliphatic heterocycles. The molecule has 0 spiro atoms. The van der Waals surface area contributed by atoms with Gasteiger partial charge in [0, 0.05) is 18.2 Å². The number of carboxylic acid groups (broad SMARTS) is 1. The number of fused-ring (bicyclic) bond motifs is 1. The number of rotatable bonds is 1. The molecule has 13 heavy (non-hydrogen) atoms. The zero-order valence-electron chi connectivity index (χ0n) is 6.73. The van der Waals surface area contributed by atoms with Crippen molar-refractivity contribution in [3.63, 3.8) is 0 Å². The molecule has 68 valence electrons. The van der Waals surface area contributed by atoms with Crippen LogP contribution in [-0.2, 0) is 11.2 Å². The van der Waals surface area contributed by atoms with Gasteiger partial charge < -0.3 is 5.11 Å². The largest absolute Gasteiger partial charge is 0.478 e. The van der Waals surface area contributed by atoms with Gasteiger partial charge in [-0.25, -0.2) is 4.79 Å². The molecule has 1 aliphatic rings. The van der Waals surface area contributed by atoms with Gasteiger partial charge in [0.05, 0.1) is 5.69 Å². The Kier molecular flexibility index (Phi) is 2.68. The number of pyridine rings is 1. The molecule has 0 unspecified atom stereocenters. The number of aliphatic carboxylic acids is 1. The van der Waals surface area contributed by atoms with Crippen LogP contribution in [0.5, 0.6) is 0 Å². The first-order chi connectivity index (χ1) is 5.77. The molecule has 2 rings (SSSR count). The average Bonchev–Trinajstić information content (AvgIpc) is 2.46. The molecule has 0 amide bonds. The summed E-state index contributed by atoms with van der Waals surface area (Å²) in [5, 5.41) is 8.69. The lowest BCUT2D eigenvalue weighted by atomic mass is 10.2. The van der Waals surface area contributed by atoms with E-state index in [1.165, 1.54) is 0 Å². The van der Waals surface area contributed by atoms with Crippen molar-refractivity contribution in [3.8, 4) is 0 Å². The highest BCUT2D eigenvalue weighted by atomic mass is 35.5. The smallest absolute Gasteiger partial charge is 0.331 e. The number of nitrogens with zero attached hydrogens (tertiary/aromatic N) is 1. The van der Waals surface area contributed by atoms with Crippen molar-refractivity contribution >= 4 is 24.5 Å². The minimum atomic E-state index is -0.854. The first-order valence-corrected chi connectivity index (χ1v) is 3.65. The lowest BCUT2D eigenvalue weighted by molar-refractivity contribution is -0.132. The van der Waals surface area contributed by atoms with Crippen molar-refractivity contribution < 1.29 is 9.90 Å². The van der Waals surface area contributed by atoms with Crippen LogP contribution in [0.15, 0.2) is 23.9 Å². The second-order valence-electron chi connectivity index (χ2n) is 2.70. The Morgan fingerprint density at radius 1 is 1.54 bits per heavy atom. The van der Waals surface area contributed by atoms with Gasteiger partial charge in [-0.15, -0.1) is 12.4 Å². The second kappa shape index (κ2) is 3.58. The van der Waals surface area contributed by atoms with Crippen molar-refractivity contribution in [1.29, 1.82) is 0 Å². The fourth-order valence-corrected chi connectivity index (χ4v) is 1.29. The normalized spacial score (nSPS) is 12.8. The van der Waals surface area contributed by atoms with E-state index in [2.05, 4.69) is 4.98 Å². The highest BCUT2D eigenvalue weighted by Gasteiger charge is 2.17. The van der Waals surface area contributed by atoms with Crippen LogP contribution in [0.1, 0.15) is 11.3 Å². The van der Waals surface area contributed by atoms with Crippen LogP contribution in [0, 0.1) is 0 Å². The van der Waals surface area contributed by atoms with E-state index in [1.54, 1.807) is 12.3 Å². The van der Waals surface area contributed by atoms with Crippen molar-refractivity contribution in [2.24, 2.45) is 0 Å². The molecule has 0 fully saturated rings. The fourth-order valence-electron chi connectivity index (χ4n) is 1.29. The van der Waals surface area contributed by atoms with Crippen molar-refractivity contribution in [3.05, 3.63) is 35.2 Å². The Hall–Kier alpha value is -1.35. The summed E-state index contributed by atoms with van der Waals surface area (Å²) in [6.45, 7) is 0.